The highest BCUT2D eigenvalue weighted by atomic mass is 79.9. The van der Waals surface area contributed by atoms with Crippen molar-refractivity contribution in [1.82, 2.24) is 0 Å². The predicted octanol–water partition coefficient (Wildman–Crippen LogP) is 3.96. The van der Waals surface area contributed by atoms with Gasteiger partial charge in [-0.3, -0.25) is 0 Å². The molecule has 0 aromatic heterocycles. The van der Waals surface area contributed by atoms with Crippen LogP contribution in [0.15, 0.2) is 40.4 Å². The van der Waals surface area contributed by atoms with Gasteiger partial charge in [0.2, 0.25) is 0 Å². The van der Waals surface area contributed by atoms with Gasteiger partial charge in [0, 0.05) is 16.5 Å². The lowest BCUT2D eigenvalue weighted by atomic mass is 9.84. The Morgan fingerprint density at radius 3 is 2.61 bits per heavy atom. The molecule has 0 spiro atoms. The molecule has 1 aliphatic carbocycles. The lowest BCUT2D eigenvalue weighted by Crippen LogP contribution is -2.03. The SMILES string of the molecule is N#CC1=C(C#N)c2ccc(Br)c3cccc(c23)C1. The molecule has 18 heavy (non-hydrogen) atoms. The number of halogens is 1. The lowest BCUT2D eigenvalue weighted by Gasteiger charge is -2.18. The molecule has 0 aliphatic heterocycles. The van der Waals surface area contributed by atoms with E-state index in [1.54, 1.807) is 0 Å². The normalized spacial score (nSPS) is 13.3. The second-order valence-electron chi connectivity index (χ2n) is 4.19. The van der Waals surface area contributed by atoms with Crippen molar-refractivity contribution in [3.8, 4) is 12.1 Å². The minimum Gasteiger partial charge on any atom is -0.193 e. The summed E-state index contributed by atoms with van der Waals surface area (Å²) in [6.45, 7) is 0. The van der Waals surface area contributed by atoms with E-state index < -0.39 is 0 Å². The van der Waals surface area contributed by atoms with Crippen LogP contribution in [0.4, 0.5) is 0 Å². The van der Waals surface area contributed by atoms with E-state index in [1.807, 2.05) is 30.3 Å². The third-order valence-electron chi connectivity index (χ3n) is 3.26. The molecule has 0 atom stereocenters. The highest BCUT2D eigenvalue weighted by molar-refractivity contribution is 9.10. The van der Waals surface area contributed by atoms with Gasteiger partial charge in [-0.2, -0.15) is 10.5 Å². The Morgan fingerprint density at radius 1 is 1.06 bits per heavy atom. The summed E-state index contributed by atoms with van der Waals surface area (Å²) in [4.78, 5) is 0. The van der Waals surface area contributed by atoms with Crippen molar-refractivity contribution >= 4 is 32.3 Å². The van der Waals surface area contributed by atoms with Crippen molar-refractivity contribution in [3.63, 3.8) is 0 Å². The third-order valence-corrected chi connectivity index (χ3v) is 3.95. The Balaban J connectivity index is 2.51. The molecule has 0 N–H and O–H groups in total. The molecule has 2 nitrogen and oxygen atoms in total. The molecule has 2 aromatic rings. The fourth-order valence-corrected chi connectivity index (χ4v) is 2.93. The van der Waals surface area contributed by atoms with Gasteiger partial charge in [0.1, 0.15) is 6.07 Å². The summed E-state index contributed by atoms with van der Waals surface area (Å²) in [5.41, 5.74) is 3.04. The van der Waals surface area contributed by atoms with E-state index in [2.05, 4.69) is 28.1 Å². The Bertz CT molecular complexity index is 788. The summed E-state index contributed by atoms with van der Waals surface area (Å²) in [6, 6.07) is 14.2. The van der Waals surface area contributed by atoms with Crippen LogP contribution in [0, 0.1) is 22.7 Å². The van der Waals surface area contributed by atoms with Gasteiger partial charge in [-0.25, -0.2) is 0 Å². The van der Waals surface area contributed by atoms with Crippen LogP contribution in [0.2, 0.25) is 0 Å². The van der Waals surface area contributed by atoms with Crippen molar-refractivity contribution in [2.45, 2.75) is 6.42 Å². The zero-order chi connectivity index (χ0) is 12.7. The van der Waals surface area contributed by atoms with E-state index in [4.69, 9.17) is 5.26 Å². The van der Waals surface area contributed by atoms with Crippen molar-refractivity contribution in [2.75, 3.05) is 0 Å². The first-order valence-electron chi connectivity index (χ1n) is 5.50. The number of nitrogens with zero attached hydrogens (tertiary/aromatic N) is 2. The Morgan fingerprint density at radius 2 is 1.89 bits per heavy atom. The van der Waals surface area contributed by atoms with Gasteiger partial charge in [-0.1, -0.05) is 40.2 Å². The number of hydrogen-bond acceptors (Lipinski definition) is 2. The molecule has 0 amide bonds. The van der Waals surface area contributed by atoms with Crippen molar-refractivity contribution < 1.29 is 0 Å². The molecular weight excluding hydrogens is 288 g/mol. The molecule has 0 heterocycles. The number of nitriles is 2. The summed E-state index contributed by atoms with van der Waals surface area (Å²) in [5.74, 6) is 0. The number of benzene rings is 2. The van der Waals surface area contributed by atoms with Gasteiger partial charge in [0.25, 0.3) is 0 Å². The zero-order valence-corrected chi connectivity index (χ0v) is 11.0. The first-order chi connectivity index (χ1) is 8.76. The van der Waals surface area contributed by atoms with Crippen LogP contribution in [0.1, 0.15) is 11.1 Å². The summed E-state index contributed by atoms with van der Waals surface area (Å²) in [5, 5.41) is 20.6. The lowest BCUT2D eigenvalue weighted by molar-refractivity contribution is 1.20. The summed E-state index contributed by atoms with van der Waals surface area (Å²) < 4.78 is 1.01. The molecule has 0 bridgehead atoms. The summed E-state index contributed by atoms with van der Waals surface area (Å²) in [7, 11) is 0. The smallest absolute Gasteiger partial charge is 0.101 e. The van der Waals surface area contributed by atoms with Crippen LogP contribution in [0.5, 0.6) is 0 Å². The molecular formula is C15H7BrN2. The highest BCUT2D eigenvalue weighted by Gasteiger charge is 2.21. The minimum atomic E-state index is 0.508. The molecule has 2 aromatic carbocycles. The average molecular weight is 295 g/mol. The number of rotatable bonds is 0. The molecule has 0 saturated carbocycles. The van der Waals surface area contributed by atoms with Gasteiger partial charge in [0.15, 0.2) is 0 Å². The van der Waals surface area contributed by atoms with Gasteiger partial charge in [0.05, 0.1) is 17.2 Å². The van der Waals surface area contributed by atoms with Crippen molar-refractivity contribution in [1.29, 1.82) is 10.5 Å². The molecule has 3 rings (SSSR count). The molecule has 0 radical (unpaired) electrons. The largest absolute Gasteiger partial charge is 0.193 e. The van der Waals surface area contributed by atoms with Crippen LogP contribution in [-0.4, -0.2) is 0 Å². The van der Waals surface area contributed by atoms with E-state index in [0.29, 0.717) is 17.6 Å². The molecule has 0 unspecified atom stereocenters. The van der Waals surface area contributed by atoms with E-state index in [9.17, 15) is 5.26 Å². The van der Waals surface area contributed by atoms with E-state index in [1.165, 1.54) is 0 Å². The first kappa shape index (κ1) is 11.0. The predicted molar refractivity (Wildman–Crippen MR) is 73.5 cm³/mol. The van der Waals surface area contributed by atoms with Gasteiger partial charge < -0.3 is 0 Å². The Hall–Kier alpha value is -2.10. The van der Waals surface area contributed by atoms with E-state index in [0.717, 1.165) is 26.4 Å². The topological polar surface area (TPSA) is 47.6 Å². The fraction of sp³-hybridized carbons (Fsp3) is 0.0667. The molecule has 1 aliphatic rings. The van der Waals surface area contributed by atoms with Crippen molar-refractivity contribution in [2.24, 2.45) is 0 Å². The second-order valence-corrected chi connectivity index (χ2v) is 5.04. The van der Waals surface area contributed by atoms with Crippen LogP contribution in [0.3, 0.4) is 0 Å². The molecule has 0 fully saturated rings. The Kier molecular flexibility index (Phi) is 2.44. The van der Waals surface area contributed by atoms with Crippen molar-refractivity contribution in [3.05, 3.63) is 51.5 Å². The zero-order valence-electron chi connectivity index (χ0n) is 9.37. The fourth-order valence-electron chi connectivity index (χ4n) is 2.47. The van der Waals surface area contributed by atoms with Crippen LogP contribution >= 0.6 is 15.9 Å². The van der Waals surface area contributed by atoms with Crippen LogP contribution in [0.25, 0.3) is 16.3 Å². The maximum absolute atomic E-state index is 9.27. The summed E-state index contributed by atoms with van der Waals surface area (Å²) in [6.07, 6.45) is 0.542. The Labute approximate surface area is 113 Å². The molecule has 84 valence electrons. The maximum atomic E-state index is 9.27. The highest BCUT2D eigenvalue weighted by Crippen LogP contribution is 2.38. The van der Waals surface area contributed by atoms with Gasteiger partial charge >= 0.3 is 0 Å². The van der Waals surface area contributed by atoms with Crippen LogP contribution in [-0.2, 0) is 6.42 Å². The minimum absolute atomic E-state index is 0.508. The second kappa shape index (κ2) is 3.98. The van der Waals surface area contributed by atoms with Gasteiger partial charge in [-0.15, -0.1) is 0 Å². The first-order valence-corrected chi connectivity index (χ1v) is 6.29. The quantitative estimate of drug-likeness (QED) is 0.738. The number of allylic oxidation sites excluding steroid dienone is 2. The standard InChI is InChI=1S/C15H7BrN2/c16-14-5-4-11-13(8-18)10(7-17)6-9-2-1-3-12(14)15(9)11/h1-5H,6H2. The third kappa shape index (κ3) is 1.38. The van der Waals surface area contributed by atoms with E-state index in [-0.39, 0.29) is 0 Å². The summed E-state index contributed by atoms with van der Waals surface area (Å²) >= 11 is 3.53. The van der Waals surface area contributed by atoms with Gasteiger partial charge in [-0.05, 0) is 22.4 Å². The maximum Gasteiger partial charge on any atom is 0.101 e. The number of hydrogen-bond donors (Lipinski definition) is 0. The molecule has 3 heteroatoms. The average Bonchev–Trinajstić information content (AvgIpc) is 2.41. The monoisotopic (exact) mass is 294 g/mol. The van der Waals surface area contributed by atoms with Crippen LogP contribution < -0.4 is 0 Å². The van der Waals surface area contributed by atoms with E-state index >= 15 is 0 Å². The molecule has 0 saturated heterocycles.